The van der Waals surface area contributed by atoms with Crippen LogP contribution in [-0.2, 0) is 0 Å². The number of phenolic OH excluding ortho intramolecular Hbond substituents is 1. The van der Waals surface area contributed by atoms with Crippen LogP contribution in [0.15, 0.2) is 18.2 Å². The van der Waals surface area contributed by atoms with E-state index in [1.165, 1.54) is 0 Å². The first-order valence-corrected chi connectivity index (χ1v) is 3.61. The van der Waals surface area contributed by atoms with Crippen LogP contribution < -0.4 is 4.74 Å². The molecule has 7 heteroatoms. The fraction of sp³-hybridized carbons (Fsp3) is 0.125. The number of carbonyl (C=O) groups is 1. The van der Waals surface area contributed by atoms with Crippen molar-refractivity contribution in [2.75, 3.05) is 0 Å². The lowest BCUT2D eigenvalue weighted by Crippen LogP contribution is -2.17. The molecule has 82 valence electrons. The lowest BCUT2D eigenvalue weighted by atomic mass is 10.2. The number of alkyl halides is 3. The topological polar surface area (TPSA) is 66.8 Å². The van der Waals surface area contributed by atoms with Crippen molar-refractivity contribution in [1.82, 2.24) is 0 Å². The van der Waals surface area contributed by atoms with Crippen molar-refractivity contribution < 1.29 is 32.9 Å². The molecule has 1 aromatic rings. The Morgan fingerprint density at radius 3 is 2.33 bits per heavy atom. The number of benzene rings is 1. The van der Waals surface area contributed by atoms with Gasteiger partial charge in [0.15, 0.2) is 11.5 Å². The molecule has 0 aliphatic rings. The molecular weight excluding hydrogens is 217 g/mol. The van der Waals surface area contributed by atoms with Gasteiger partial charge in [0.25, 0.3) is 0 Å². The number of rotatable bonds is 2. The Kier molecular flexibility index (Phi) is 2.74. The van der Waals surface area contributed by atoms with Crippen LogP contribution in [0.3, 0.4) is 0 Å². The van der Waals surface area contributed by atoms with E-state index in [4.69, 9.17) is 10.2 Å². The van der Waals surface area contributed by atoms with Gasteiger partial charge in [0.1, 0.15) is 0 Å². The number of hydrogen-bond donors (Lipinski definition) is 2. The molecule has 4 nitrogen and oxygen atoms in total. The number of halogens is 3. The van der Waals surface area contributed by atoms with E-state index in [1.54, 1.807) is 0 Å². The van der Waals surface area contributed by atoms with Gasteiger partial charge in [0.05, 0.1) is 5.56 Å². The standard InChI is InChI=1S/C8H5F3O4/c9-8(10,11)15-6-2-1-4(7(13)14)3-5(6)12/h1-3,12H,(H,13,14). The van der Waals surface area contributed by atoms with Crippen molar-refractivity contribution >= 4 is 5.97 Å². The SMILES string of the molecule is O=C(O)c1ccc(OC(F)(F)F)c(O)c1. The van der Waals surface area contributed by atoms with Gasteiger partial charge in [0, 0.05) is 0 Å². The van der Waals surface area contributed by atoms with Gasteiger partial charge in [-0.05, 0) is 18.2 Å². The number of carboxylic acid groups (broad SMARTS) is 1. The Hall–Kier alpha value is -1.92. The first-order chi connectivity index (χ1) is 6.79. The molecule has 0 amide bonds. The molecule has 1 aromatic carbocycles. The molecule has 0 radical (unpaired) electrons. The van der Waals surface area contributed by atoms with Crippen LogP contribution in [0.25, 0.3) is 0 Å². The lowest BCUT2D eigenvalue weighted by Gasteiger charge is -2.10. The average Bonchev–Trinajstić information content (AvgIpc) is 2.05. The molecule has 0 heterocycles. The number of hydrogen-bond acceptors (Lipinski definition) is 3. The van der Waals surface area contributed by atoms with Crippen molar-refractivity contribution in [3.63, 3.8) is 0 Å². The van der Waals surface area contributed by atoms with Gasteiger partial charge in [-0.25, -0.2) is 4.79 Å². The lowest BCUT2D eigenvalue weighted by molar-refractivity contribution is -0.275. The first kappa shape index (κ1) is 11.2. The Balaban J connectivity index is 2.99. The van der Waals surface area contributed by atoms with Gasteiger partial charge in [-0.2, -0.15) is 0 Å². The number of aromatic carboxylic acids is 1. The van der Waals surface area contributed by atoms with E-state index in [9.17, 15) is 18.0 Å². The van der Waals surface area contributed by atoms with Crippen LogP contribution in [0.1, 0.15) is 10.4 Å². The van der Waals surface area contributed by atoms with E-state index in [2.05, 4.69) is 4.74 Å². The maximum atomic E-state index is 11.7. The number of aromatic hydroxyl groups is 1. The summed E-state index contributed by atoms with van der Waals surface area (Å²) in [5.74, 6) is -3.08. The summed E-state index contributed by atoms with van der Waals surface area (Å²) in [6.45, 7) is 0. The van der Waals surface area contributed by atoms with Crippen molar-refractivity contribution in [3.8, 4) is 11.5 Å². The van der Waals surface area contributed by atoms with Gasteiger partial charge in [-0.3, -0.25) is 0 Å². The molecule has 0 fully saturated rings. The molecule has 0 unspecified atom stereocenters. The van der Waals surface area contributed by atoms with Crippen molar-refractivity contribution in [2.45, 2.75) is 6.36 Å². The quantitative estimate of drug-likeness (QED) is 0.802. The Morgan fingerprint density at radius 2 is 1.93 bits per heavy atom. The van der Waals surface area contributed by atoms with Gasteiger partial charge < -0.3 is 14.9 Å². The molecule has 15 heavy (non-hydrogen) atoms. The third-order valence-corrected chi connectivity index (χ3v) is 1.43. The van der Waals surface area contributed by atoms with Crippen LogP contribution in [-0.4, -0.2) is 22.5 Å². The minimum atomic E-state index is -4.93. The fourth-order valence-electron chi connectivity index (χ4n) is 0.861. The zero-order valence-corrected chi connectivity index (χ0v) is 7.08. The molecule has 0 spiro atoms. The molecule has 0 bridgehead atoms. The molecule has 0 aliphatic heterocycles. The Bertz CT molecular complexity index is 386. The van der Waals surface area contributed by atoms with Gasteiger partial charge >= 0.3 is 12.3 Å². The summed E-state index contributed by atoms with van der Waals surface area (Å²) in [6.07, 6.45) is -4.93. The van der Waals surface area contributed by atoms with Crippen molar-refractivity contribution in [3.05, 3.63) is 23.8 Å². The summed E-state index contributed by atoms with van der Waals surface area (Å²) in [6, 6.07) is 2.29. The highest BCUT2D eigenvalue weighted by Gasteiger charge is 2.32. The third kappa shape index (κ3) is 3.04. The van der Waals surface area contributed by atoms with E-state index < -0.39 is 23.8 Å². The number of phenols is 1. The van der Waals surface area contributed by atoms with Crippen LogP contribution in [0.4, 0.5) is 13.2 Å². The predicted molar refractivity (Wildman–Crippen MR) is 41.7 cm³/mol. The fourth-order valence-corrected chi connectivity index (χ4v) is 0.861. The second-order valence-corrected chi connectivity index (χ2v) is 2.54. The smallest absolute Gasteiger partial charge is 0.504 e. The molecule has 2 N–H and O–H groups in total. The summed E-state index contributed by atoms with van der Waals surface area (Å²) in [5.41, 5.74) is -0.331. The summed E-state index contributed by atoms with van der Waals surface area (Å²) < 4.78 is 38.6. The highest BCUT2D eigenvalue weighted by molar-refractivity contribution is 5.88. The number of carboxylic acids is 1. The molecule has 0 aromatic heterocycles. The minimum Gasteiger partial charge on any atom is -0.504 e. The summed E-state index contributed by atoms with van der Waals surface area (Å²) >= 11 is 0. The van der Waals surface area contributed by atoms with E-state index in [-0.39, 0.29) is 5.56 Å². The van der Waals surface area contributed by atoms with Crippen LogP contribution in [0.5, 0.6) is 11.5 Å². The van der Waals surface area contributed by atoms with Crippen LogP contribution in [0, 0.1) is 0 Å². The van der Waals surface area contributed by atoms with E-state index >= 15 is 0 Å². The van der Waals surface area contributed by atoms with Crippen molar-refractivity contribution in [2.24, 2.45) is 0 Å². The molecular formula is C8H5F3O4. The predicted octanol–water partition coefficient (Wildman–Crippen LogP) is 1.99. The summed E-state index contributed by atoms with van der Waals surface area (Å²) in [7, 11) is 0. The zero-order chi connectivity index (χ0) is 11.6. The van der Waals surface area contributed by atoms with Gasteiger partial charge in [-0.15, -0.1) is 13.2 Å². The molecule has 0 aliphatic carbocycles. The minimum absolute atomic E-state index is 0.331. The first-order valence-electron chi connectivity index (χ1n) is 3.61. The van der Waals surface area contributed by atoms with Gasteiger partial charge in [-0.1, -0.05) is 0 Å². The van der Waals surface area contributed by atoms with Crippen LogP contribution in [0.2, 0.25) is 0 Å². The second kappa shape index (κ2) is 3.68. The highest BCUT2D eigenvalue weighted by atomic mass is 19.4. The van der Waals surface area contributed by atoms with E-state index in [0.29, 0.717) is 6.07 Å². The Morgan fingerprint density at radius 1 is 1.33 bits per heavy atom. The maximum Gasteiger partial charge on any atom is 0.573 e. The van der Waals surface area contributed by atoms with Crippen molar-refractivity contribution in [1.29, 1.82) is 0 Å². The molecule has 0 saturated heterocycles. The van der Waals surface area contributed by atoms with Gasteiger partial charge in [0.2, 0.25) is 0 Å². The van der Waals surface area contributed by atoms with E-state index in [1.807, 2.05) is 0 Å². The van der Waals surface area contributed by atoms with Crippen LogP contribution >= 0.6 is 0 Å². The average molecular weight is 222 g/mol. The largest absolute Gasteiger partial charge is 0.573 e. The third-order valence-electron chi connectivity index (χ3n) is 1.43. The molecule has 0 saturated carbocycles. The van der Waals surface area contributed by atoms with E-state index in [0.717, 1.165) is 12.1 Å². The monoisotopic (exact) mass is 222 g/mol. The normalized spacial score (nSPS) is 11.1. The summed E-state index contributed by atoms with van der Waals surface area (Å²) in [5, 5.41) is 17.5. The maximum absolute atomic E-state index is 11.7. The highest BCUT2D eigenvalue weighted by Crippen LogP contribution is 2.31. The number of ether oxygens (including phenoxy) is 1. The molecule has 0 atom stereocenters. The second-order valence-electron chi connectivity index (χ2n) is 2.54. The Labute approximate surface area is 81.5 Å². The summed E-state index contributed by atoms with van der Waals surface area (Å²) in [4.78, 5) is 10.4. The zero-order valence-electron chi connectivity index (χ0n) is 7.08. The molecule has 1 rings (SSSR count).